The molecule has 4 rings (SSSR count). The van der Waals surface area contributed by atoms with Crippen LogP contribution in [-0.4, -0.2) is 56.7 Å². The van der Waals surface area contributed by atoms with Gasteiger partial charge in [-0.1, -0.05) is 6.07 Å². The highest BCUT2D eigenvalue weighted by atomic mass is 16.5. The van der Waals surface area contributed by atoms with Crippen LogP contribution in [0.25, 0.3) is 11.1 Å². The van der Waals surface area contributed by atoms with E-state index in [0.29, 0.717) is 35.7 Å². The maximum Gasteiger partial charge on any atom is 0.256 e. The molecule has 28 heavy (non-hydrogen) atoms. The monoisotopic (exact) mass is 382 g/mol. The van der Waals surface area contributed by atoms with Crippen molar-refractivity contribution in [3.8, 4) is 22.6 Å². The van der Waals surface area contributed by atoms with Gasteiger partial charge in [0.05, 0.1) is 31.6 Å². The summed E-state index contributed by atoms with van der Waals surface area (Å²) in [5, 5.41) is 2.89. The number of amides is 2. The van der Waals surface area contributed by atoms with Crippen LogP contribution in [0.15, 0.2) is 36.4 Å². The lowest BCUT2D eigenvalue weighted by atomic mass is 10.00. The first kappa shape index (κ1) is 18.3. The van der Waals surface area contributed by atoms with E-state index < -0.39 is 6.04 Å². The van der Waals surface area contributed by atoms with Crippen molar-refractivity contribution in [2.24, 2.45) is 0 Å². The van der Waals surface area contributed by atoms with E-state index in [1.165, 1.54) is 0 Å². The Hall–Kier alpha value is -3.06. The summed E-state index contributed by atoms with van der Waals surface area (Å²) in [6, 6.07) is 10.4. The highest BCUT2D eigenvalue weighted by molar-refractivity contribution is 6.10. The Kier molecular flexibility index (Phi) is 4.68. The van der Waals surface area contributed by atoms with Crippen molar-refractivity contribution in [3.05, 3.63) is 42.0 Å². The lowest BCUT2D eigenvalue weighted by Crippen LogP contribution is -2.40. The van der Waals surface area contributed by atoms with Crippen LogP contribution in [0.3, 0.4) is 0 Å². The second-order valence-corrected chi connectivity index (χ2v) is 6.88. The van der Waals surface area contributed by atoms with Gasteiger partial charge in [-0.2, -0.15) is 0 Å². The fourth-order valence-electron chi connectivity index (χ4n) is 3.85. The molecule has 2 aliphatic heterocycles. The summed E-state index contributed by atoms with van der Waals surface area (Å²) >= 11 is 0. The molecule has 0 aliphatic carbocycles. The molecule has 0 aromatic heterocycles. The molecule has 1 N–H and O–H groups in total. The minimum atomic E-state index is -0.510. The number of nitrogens with zero attached hydrogens (tertiary/aromatic N) is 1. The van der Waals surface area contributed by atoms with Crippen molar-refractivity contribution in [2.75, 3.05) is 33.2 Å². The number of carbonyl (C=O) groups excluding carboxylic acids is 2. The van der Waals surface area contributed by atoms with Crippen LogP contribution < -0.4 is 14.8 Å². The highest BCUT2D eigenvalue weighted by Gasteiger charge is 2.42. The van der Waals surface area contributed by atoms with Crippen LogP contribution in [0.2, 0.25) is 0 Å². The van der Waals surface area contributed by atoms with E-state index in [2.05, 4.69) is 5.32 Å². The van der Waals surface area contributed by atoms with Crippen molar-refractivity contribution in [3.63, 3.8) is 0 Å². The standard InChI is InChI=1S/C21H22N2O5/c1-26-13-5-6-15(19(10-13)28-3)12-4-7-17-16(8-12)21(25)23-11-14(27-2)9-18(23)20(24)22-17/h4-8,10,14,18H,9,11H2,1-3H3,(H,22,24). The lowest BCUT2D eigenvalue weighted by molar-refractivity contribution is -0.119. The van der Waals surface area contributed by atoms with E-state index in [-0.39, 0.29) is 17.9 Å². The summed E-state index contributed by atoms with van der Waals surface area (Å²) < 4.78 is 16.1. The predicted molar refractivity (Wildman–Crippen MR) is 104 cm³/mol. The molecule has 2 aromatic carbocycles. The molecule has 0 spiro atoms. The van der Waals surface area contributed by atoms with Crippen LogP contribution in [0.1, 0.15) is 16.8 Å². The van der Waals surface area contributed by atoms with E-state index in [4.69, 9.17) is 14.2 Å². The number of ether oxygens (including phenoxy) is 3. The van der Waals surface area contributed by atoms with Crippen molar-refractivity contribution in [1.29, 1.82) is 0 Å². The van der Waals surface area contributed by atoms with Gasteiger partial charge in [-0.25, -0.2) is 0 Å². The molecular formula is C21H22N2O5. The van der Waals surface area contributed by atoms with E-state index in [1.54, 1.807) is 44.4 Å². The molecule has 0 bridgehead atoms. The average molecular weight is 382 g/mol. The van der Waals surface area contributed by atoms with Gasteiger partial charge in [-0.05, 0) is 29.8 Å². The highest BCUT2D eigenvalue weighted by Crippen LogP contribution is 2.37. The third-order valence-electron chi connectivity index (χ3n) is 5.39. The molecule has 2 unspecified atom stereocenters. The fourth-order valence-corrected chi connectivity index (χ4v) is 3.85. The number of benzene rings is 2. The Morgan fingerprint density at radius 1 is 1.00 bits per heavy atom. The molecule has 7 heteroatoms. The molecule has 146 valence electrons. The summed E-state index contributed by atoms with van der Waals surface area (Å²) in [6.07, 6.45) is 0.368. The minimum absolute atomic E-state index is 0.133. The molecule has 2 amide bonds. The van der Waals surface area contributed by atoms with Crippen LogP contribution >= 0.6 is 0 Å². The lowest BCUT2D eigenvalue weighted by Gasteiger charge is -2.20. The quantitative estimate of drug-likeness (QED) is 0.879. The van der Waals surface area contributed by atoms with Gasteiger partial charge in [-0.3, -0.25) is 9.59 Å². The fraction of sp³-hybridized carbons (Fsp3) is 0.333. The van der Waals surface area contributed by atoms with E-state index >= 15 is 0 Å². The summed E-state index contributed by atoms with van der Waals surface area (Å²) in [6.45, 7) is 0.406. The molecule has 2 atom stereocenters. The summed E-state index contributed by atoms with van der Waals surface area (Å²) in [4.78, 5) is 27.4. The number of methoxy groups -OCH3 is 3. The van der Waals surface area contributed by atoms with Crippen molar-refractivity contribution in [1.82, 2.24) is 4.90 Å². The van der Waals surface area contributed by atoms with Crippen LogP contribution in [0.5, 0.6) is 11.5 Å². The second kappa shape index (κ2) is 7.16. The third kappa shape index (κ3) is 2.97. The van der Waals surface area contributed by atoms with Gasteiger partial charge in [0.25, 0.3) is 5.91 Å². The van der Waals surface area contributed by atoms with Gasteiger partial charge in [0.1, 0.15) is 17.5 Å². The average Bonchev–Trinajstić information content (AvgIpc) is 3.14. The Labute approximate surface area is 163 Å². The van der Waals surface area contributed by atoms with Gasteiger partial charge >= 0.3 is 0 Å². The van der Waals surface area contributed by atoms with Gasteiger partial charge in [0, 0.05) is 31.7 Å². The Balaban J connectivity index is 1.76. The molecule has 7 nitrogen and oxygen atoms in total. The maximum absolute atomic E-state index is 13.2. The second-order valence-electron chi connectivity index (χ2n) is 6.88. The summed E-state index contributed by atoms with van der Waals surface area (Å²) in [7, 11) is 4.78. The van der Waals surface area contributed by atoms with Gasteiger partial charge in [-0.15, -0.1) is 0 Å². The Bertz CT molecular complexity index is 942. The topological polar surface area (TPSA) is 77.1 Å². The summed E-state index contributed by atoms with van der Waals surface area (Å²) in [5.74, 6) is 0.973. The molecule has 1 saturated heterocycles. The molecule has 0 radical (unpaired) electrons. The SMILES string of the molecule is COc1ccc(-c2ccc3c(c2)C(=O)N2CC(OC)CC2C(=O)N3)c(OC)c1. The minimum Gasteiger partial charge on any atom is -0.497 e. The van der Waals surface area contributed by atoms with E-state index in [0.717, 1.165) is 11.1 Å². The molecular weight excluding hydrogens is 360 g/mol. The molecule has 2 heterocycles. The zero-order valence-corrected chi connectivity index (χ0v) is 16.0. The van der Waals surface area contributed by atoms with Crippen LogP contribution in [0.4, 0.5) is 5.69 Å². The van der Waals surface area contributed by atoms with Crippen LogP contribution in [-0.2, 0) is 9.53 Å². The third-order valence-corrected chi connectivity index (χ3v) is 5.39. The van der Waals surface area contributed by atoms with E-state index in [1.807, 2.05) is 18.2 Å². The normalized spacial score (nSPS) is 20.9. The number of fused-ring (bicyclic) bond motifs is 2. The smallest absolute Gasteiger partial charge is 0.256 e. The zero-order chi connectivity index (χ0) is 19.8. The number of anilines is 1. The summed E-state index contributed by atoms with van der Waals surface area (Å²) in [5.41, 5.74) is 2.64. The molecule has 1 fully saturated rings. The Morgan fingerprint density at radius 2 is 1.82 bits per heavy atom. The Morgan fingerprint density at radius 3 is 2.54 bits per heavy atom. The largest absolute Gasteiger partial charge is 0.497 e. The maximum atomic E-state index is 13.2. The number of nitrogens with one attached hydrogen (secondary N) is 1. The number of rotatable bonds is 4. The zero-order valence-electron chi connectivity index (χ0n) is 16.0. The van der Waals surface area contributed by atoms with Gasteiger partial charge in [0.2, 0.25) is 5.91 Å². The predicted octanol–water partition coefficient (Wildman–Crippen LogP) is 2.55. The van der Waals surface area contributed by atoms with Gasteiger partial charge in [0.15, 0.2) is 0 Å². The first-order chi connectivity index (χ1) is 13.5. The van der Waals surface area contributed by atoms with E-state index in [9.17, 15) is 9.59 Å². The number of hydrogen-bond donors (Lipinski definition) is 1. The van der Waals surface area contributed by atoms with Crippen molar-refractivity contribution >= 4 is 17.5 Å². The molecule has 2 aliphatic rings. The first-order valence-corrected chi connectivity index (χ1v) is 9.06. The number of carbonyl (C=O) groups is 2. The first-order valence-electron chi connectivity index (χ1n) is 9.06. The van der Waals surface area contributed by atoms with Crippen molar-refractivity contribution < 1.29 is 23.8 Å². The molecule has 0 saturated carbocycles. The van der Waals surface area contributed by atoms with Gasteiger partial charge < -0.3 is 24.4 Å². The molecule has 2 aromatic rings. The number of hydrogen-bond acceptors (Lipinski definition) is 5. The van der Waals surface area contributed by atoms with Crippen LogP contribution in [0, 0.1) is 0 Å². The van der Waals surface area contributed by atoms with Crippen molar-refractivity contribution in [2.45, 2.75) is 18.6 Å².